The SMILES string of the molecule is COC(=O)C1=C(C)NC(C)=C(C(=O)OC)C1c1cc2cc(OC)ccc2nc1Cl. The van der Waals surface area contributed by atoms with Gasteiger partial charge in [-0.05, 0) is 38.1 Å². The highest BCUT2D eigenvalue weighted by atomic mass is 35.5. The number of carbonyl (C=O) groups excluding carboxylic acids is 2. The minimum atomic E-state index is -0.799. The van der Waals surface area contributed by atoms with Crippen LogP contribution >= 0.6 is 11.6 Å². The highest BCUT2D eigenvalue weighted by molar-refractivity contribution is 6.31. The van der Waals surface area contributed by atoms with Crippen molar-refractivity contribution in [3.05, 3.63) is 57.5 Å². The number of rotatable bonds is 4. The molecule has 0 amide bonds. The van der Waals surface area contributed by atoms with E-state index in [1.54, 1.807) is 39.2 Å². The number of dihydropyridines is 1. The monoisotopic (exact) mass is 416 g/mol. The van der Waals surface area contributed by atoms with Crippen molar-refractivity contribution in [2.75, 3.05) is 21.3 Å². The molecule has 1 aromatic heterocycles. The molecule has 0 unspecified atom stereocenters. The second-order valence-corrected chi connectivity index (χ2v) is 6.90. The second kappa shape index (κ2) is 8.13. The third-order valence-corrected chi connectivity index (χ3v) is 5.19. The van der Waals surface area contributed by atoms with E-state index in [0.29, 0.717) is 28.2 Å². The van der Waals surface area contributed by atoms with E-state index < -0.39 is 17.9 Å². The van der Waals surface area contributed by atoms with Crippen LogP contribution < -0.4 is 10.1 Å². The number of aromatic nitrogens is 1. The van der Waals surface area contributed by atoms with E-state index in [1.165, 1.54) is 14.2 Å². The van der Waals surface area contributed by atoms with Gasteiger partial charge in [-0.15, -0.1) is 0 Å². The van der Waals surface area contributed by atoms with E-state index in [9.17, 15) is 9.59 Å². The fraction of sp³-hybridized carbons (Fsp3) is 0.286. The van der Waals surface area contributed by atoms with Crippen molar-refractivity contribution in [2.45, 2.75) is 19.8 Å². The lowest BCUT2D eigenvalue weighted by atomic mass is 9.80. The lowest BCUT2D eigenvalue weighted by Gasteiger charge is -2.30. The van der Waals surface area contributed by atoms with Gasteiger partial charge in [-0.1, -0.05) is 11.6 Å². The van der Waals surface area contributed by atoms with Crippen LogP contribution in [-0.4, -0.2) is 38.3 Å². The summed E-state index contributed by atoms with van der Waals surface area (Å²) in [4.78, 5) is 29.7. The molecule has 0 fully saturated rings. The minimum absolute atomic E-state index is 0.179. The number of esters is 2. The van der Waals surface area contributed by atoms with Gasteiger partial charge in [0, 0.05) is 22.3 Å². The smallest absolute Gasteiger partial charge is 0.336 e. The summed E-state index contributed by atoms with van der Waals surface area (Å²) in [5.74, 6) is -1.30. The Morgan fingerprint density at radius 3 is 2.10 bits per heavy atom. The van der Waals surface area contributed by atoms with Gasteiger partial charge in [0.1, 0.15) is 10.9 Å². The fourth-order valence-corrected chi connectivity index (χ4v) is 3.80. The van der Waals surface area contributed by atoms with Crippen LogP contribution in [0.5, 0.6) is 5.75 Å². The van der Waals surface area contributed by atoms with Crippen LogP contribution in [0.3, 0.4) is 0 Å². The summed E-state index contributed by atoms with van der Waals surface area (Å²) in [6, 6.07) is 7.18. The maximum atomic E-state index is 12.6. The van der Waals surface area contributed by atoms with E-state index in [1.807, 2.05) is 6.07 Å². The van der Waals surface area contributed by atoms with E-state index in [-0.39, 0.29) is 16.3 Å². The van der Waals surface area contributed by atoms with Gasteiger partial charge in [-0.3, -0.25) is 0 Å². The molecule has 3 rings (SSSR count). The molecule has 0 aliphatic carbocycles. The zero-order valence-corrected chi connectivity index (χ0v) is 17.5. The normalized spacial score (nSPS) is 14.7. The summed E-state index contributed by atoms with van der Waals surface area (Å²) >= 11 is 6.52. The van der Waals surface area contributed by atoms with E-state index in [4.69, 9.17) is 25.8 Å². The van der Waals surface area contributed by atoms with Gasteiger partial charge in [0.2, 0.25) is 0 Å². The predicted molar refractivity (Wildman–Crippen MR) is 109 cm³/mol. The molecule has 8 heteroatoms. The first kappa shape index (κ1) is 20.7. The summed E-state index contributed by atoms with van der Waals surface area (Å²) in [6.07, 6.45) is 0. The maximum Gasteiger partial charge on any atom is 0.336 e. The number of halogens is 1. The van der Waals surface area contributed by atoms with Crippen molar-refractivity contribution >= 4 is 34.4 Å². The molecule has 1 N–H and O–H groups in total. The van der Waals surface area contributed by atoms with Crippen LogP contribution in [0.15, 0.2) is 46.8 Å². The van der Waals surface area contributed by atoms with Crippen molar-refractivity contribution in [2.24, 2.45) is 0 Å². The number of pyridine rings is 1. The summed E-state index contributed by atoms with van der Waals surface area (Å²) in [5, 5.41) is 3.99. The third-order valence-electron chi connectivity index (χ3n) is 4.88. The first-order chi connectivity index (χ1) is 13.8. The van der Waals surface area contributed by atoms with Crippen molar-refractivity contribution in [3.63, 3.8) is 0 Å². The van der Waals surface area contributed by atoms with Crippen LogP contribution in [0.2, 0.25) is 5.15 Å². The quantitative estimate of drug-likeness (QED) is 0.603. The average Bonchev–Trinajstić information content (AvgIpc) is 2.71. The van der Waals surface area contributed by atoms with E-state index >= 15 is 0 Å². The highest BCUT2D eigenvalue weighted by Gasteiger charge is 2.39. The second-order valence-electron chi connectivity index (χ2n) is 6.55. The van der Waals surface area contributed by atoms with Crippen LogP contribution in [0, 0.1) is 0 Å². The summed E-state index contributed by atoms with van der Waals surface area (Å²) in [7, 11) is 4.14. The van der Waals surface area contributed by atoms with Crippen LogP contribution in [-0.2, 0) is 19.1 Å². The van der Waals surface area contributed by atoms with Crippen LogP contribution in [0.4, 0.5) is 0 Å². The molecule has 2 aromatic rings. The largest absolute Gasteiger partial charge is 0.497 e. The number of allylic oxidation sites excluding steroid dienone is 2. The van der Waals surface area contributed by atoms with Gasteiger partial charge >= 0.3 is 11.9 Å². The molecule has 1 aliphatic rings. The van der Waals surface area contributed by atoms with Gasteiger partial charge in [-0.2, -0.15) is 0 Å². The molecule has 152 valence electrons. The molecule has 1 aromatic carbocycles. The Hall–Kier alpha value is -3.06. The Labute approximate surface area is 173 Å². The van der Waals surface area contributed by atoms with Gasteiger partial charge in [-0.25, -0.2) is 14.6 Å². The number of hydrogen-bond acceptors (Lipinski definition) is 7. The van der Waals surface area contributed by atoms with E-state index in [0.717, 1.165) is 5.39 Å². The molecule has 0 radical (unpaired) electrons. The number of hydrogen-bond donors (Lipinski definition) is 1. The van der Waals surface area contributed by atoms with Crippen molar-refractivity contribution < 1.29 is 23.8 Å². The molecule has 0 atom stereocenters. The zero-order valence-electron chi connectivity index (χ0n) is 16.8. The van der Waals surface area contributed by atoms with E-state index in [2.05, 4.69) is 10.3 Å². The number of methoxy groups -OCH3 is 3. The molecule has 0 spiro atoms. The van der Waals surface area contributed by atoms with Crippen molar-refractivity contribution in [1.29, 1.82) is 0 Å². The molecule has 1 aliphatic heterocycles. The molecule has 7 nitrogen and oxygen atoms in total. The first-order valence-electron chi connectivity index (χ1n) is 8.81. The standard InChI is InChI=1S/C21H21ClN2O5/c1-10-16(20(25)28-4)18(17(11(2)23-10)21(26)29-5)14-9-12-8-13(27-3)6-7-15(12)24-19(14)22/h6-9,18,23H,1-5H3. The van der Waals surface area contributed by atoms with Crippen molar-refractivity contribution in [1.82, 2.24) is 10.3 Å². The topological polar surface area (TPSA) is 86.8 Å². The predicted octanol–water partition coefficient (Wildman–Crippen LogP) is 3.48. The molecule has 2 heterocycles. The Bertz CT molecular complexity index is 1040. The zero-order chi connectivity index (χ0) is 21.3. The molecule has 0 saturated heterocycles. The number of nitrogens with one attached hydrogen (secondary N) is 1. The van der Waals surface area contributed by atoms with Crippen LogP contribution in [0.1, 0.15) is 25.3 Å². The molecular formula is C21H21ClN2O5. The number of ether oxygens (including phenoxy) is 3. The van der Waals surface area contributed by atoms with Gasteiger partial charge in [0.15, 0.2) is 0 Å². The Morgan fingerprint density at radius 2 is 1.59 bits per heavy atom. The summed E-state index contributed by atoms with van der Waals surface area (Å²) in [5.41, 5.74) is 2.82. The summed E-state index contributed by atoms with van der Waals surface area (Å²) in [6.45, 7) is 3.48. The minimum Gasteiger partial charge on any atom is -0.497 e. The Morgan fingerprint density at radius 1 is 1.00 bits per heavy atom. The Balaban J connectivity index is 2.32. The number of benzene rings is 1. The Kier molecular flexibility index (Phi) is 5.79. The third kappa shape index (κ3) is 3.65. The maximum absolute atomic E-state index is 12.6. The van der Waals surface area contributed by atoms with Gasteiger partial charge in [0.25, 0.3) is 0 Å². The molecule has 29 heavy (non-hydrogen) atoms. The van der Waals surface area contributed by atoms with Crippen molar-refractivity contribution in [3.8, 4) is 5.75 Å². The lowest BCUT2D eigenvalue weighted by molar-refractivity contribution is -0.137. The molecule has 0 saturated carbocycles. The fourth-order valence-electron chi connectivity index (χ4n) is 3.54. The number of fused-ring (bicyclic) bond motifs is 1. The highest BCUT2D eigenvalue weighted by Crippen LogP contribution is 2.42. The summed E-state index contributed by atoms with van der Waals surface area (Å²) < 4.78 is 15.2. The molecule has 0 bridgehead atoms. The number of nitrogens with zero attached hydrogens (tertiary/aromatic N) is 1. The van der Waals surface area contributed by atoms with Crippen LogP contribution in [0.25, 0.3) is 10.9 Å². The number of carbonyl (C=O) groups is 2. The first-order valence-corrected chi connectivity index (χ1v) is 9.19. The average molecular weight is 417 g/mol. The molecular weight excluding hydrogens is 396 g/mol. The van der Waals surface area contributed by atoms with Gasteiger partial charge < -0.3 is 19.5 Å². The lowest BCUT2D eigenvalue weighted by Crippen LogP contribution is -2.32. The van der Waals surface area contributed by atoms with Gasteiger partial charge in [0.05, 0.1) is 43.9 Å².